The van der Waals surface area contributed by atoms with E-state index in [0.717, 1.165) is 11.3 Å². The summed E-state index contributed by atoms with van der Waals surface area (Å²) in [6, 6.07) is 18.1. The lowest BCUT2D eigenvalue weighted by Gasteiger charge is -2.03. The number of rotatable bonds is 1. The molecule has 0 aliphatic rings. The second-order valence-corrected chi connectivity index (χ2v) is 2.95. The van der Waals surface area contributed by atoms with Crippen LogP contribution in [-0.2, 0) is 0 Å². The molecule has 0 unspecified atom stereocenters. The zero-order valence-electron chi connectivity index (χ0n) is 9.27. The van der Waals surface area contributed by atoms with Crippen LogP contribution in [0, 0.1) is 0 Å². The molecule has 0 fully saturated rings. The molecule has 0 bridgehead atoms. The van der Waals surface area contributed by atoms with Gasteiger partial charge in [0, 0.05) is 12.7 Å². The van der Waals surface area contributed by atoms with Crippen molar-refractivity contribution in [3.8, 4) is 11.1 Å². The smallest absolute Gasteiger partial charge is 0.0393 e. The number of nitrogen functional groups attached to an aromatic ring is 1. The highest BCUT2D eigenvalue weighted by molar-refractivity contribution is 5.75. The second-order valence-electron chi connectivity index (χ2n) is 2.95. The lowest BCUT2D eigenvalue weighted by molar-refractivity contribution is 1.50. The SMILES string of the molecule is CC.Nc1ccccc1-c1ccccc1.[HH]. The van der Waals surface area contributed by atoms with E-state index in [0.29, 0.717) is 0 Å². The molecule has 1 nitrogen and oxygen atoms in total. The van der Waals surface area contributed by atoms with Crippen molar-refractivity contribution >= 4 is 5.69 Å². The predicted molar refractivity (Wildman–Crippen MR) is 69.8 cm³/mol. The molecule has 15 heavy (non-hydrogen) atoms. The van der Waals surface area contributed by atoms with Crippen LogP contribution in [0.3, 0.4) is 0 Å². The average molecular weight is 201 g/mol. The Bertz CT molecular complexity index is 398. The fourth-order valence-electron chi connectivity index (χ4n) is 1.38. The molecule has 0 atom stereocenters. The van der Waals surface area contributed by atoms with Crippen LogP contribution in [0.2, 0.25) is 0 Å². The van der Waals surface area contributed by atoms with Gasteiger partial charge in [-0.3, -0.25) is 0 Å². The molecule has 2 N–H and O–H groups in total. The van der Waals surface area contributed by atoms with Crippen LogP contribution in [0.1, 0.15) is 15.3 Å². The minimum atomic E-state index is 0. The van der Waals surface area contributed by atoms with E-state index >= 15 is 0 Å². The summed E-state index contributed by atoms with van der Waals surface area (Å²) >= 11 is 0. The topological polar surface area (TPSA) is 26.0 Å². The van der Waals surface area contributed by atoms with E-state index in [-0.39, 0.29) is 1.43 Å². The van der Waals surface area contributed by atoms with Gasteiger partial charge in [0.2, 0.25) is 0 Å². The van der Waals surface area contributed by atoms with Crippen LogP contribution in [0.15, 0.2) is 54.6 Å². The standard InChI is InChI=1S/C12H11N.C2H6.H2/c13-12-9-5-4-8-11(12)10-6-2-1-3-7-10;1-2;/h1-9H,13H2;1-2H3;1H. The molecule has 0 saturated heterocycles. The van der Waals surface area contributed by atoms with Crippen molar-refractivity contribution in [3.63, 3.8) is 0 Å². The Kier molecular flexibility index (Phi) is 4.42. The van der Waals surface area contributed by atoms with Gasteiger partial charge in [-0.15, -0.1) is 0 Å². The first kappa shape index (κ1) is 11.3. The lowest BCUT2D eigenvalue weighted by Crippen LogP contribution is -1.88. The van der Waals surface area contributed by atoms with E-state index in [2.05, 4.69) is 12.1 Å². The number of hydrogen-bond donors (Lipinski definition) is 1. The molecule has 0 heterocycles. The fraction of sp³-hybridized carbons (Fsp3) is 0.143. The Morgan fingerprint density at radius 3 is 1.93 bits per heavy atom. The molecular weight excluding hydrogens is 182 g/mol. The highest BCUT2D eigenvalue weighted by Gasteiger charge is 1.98. The van der Waals surface area contributed by atoms with E-state index in [1.807, 2.05) is 56.3 Å². The zero-order chi connectivity index (χ0) is 11.1. The summed E-state index contributed by atoms with van der Waals surface area (Å²) < 4.78 is 0. The number of hydrogen-bond acceptors (Lipinski definition) is 1. The average Bonchev–Trinajstić information content (AvgIpc) is 2.33. The van der Waals surface area contributed by atoms with Gasteiger partial charge in [0.25, 0.3) is 0 Å². The summed E-state index contributed by atoms with van der Waals surface area (Å²) in [5, 5.41) is 0. The first-order valence-electron chi connectivity index (χ1n) is 5.28. The van der Waals surface area contributed by atoms with Crippen molar-refractivity contribution in [1.29, 1.82) is 0 Å². The van der Waals surface area contributed by atoms with Crippen LogP contribution >= 0.6 is 0 Å². The van der Waals surface area contributed by atoms with E-state index in [1.54, 1.807) is 0 Å². The van der Waals surface area contributed by atoms with E-state index in [9.17, 15) is 0 Å². The van der Waals surface area contributed by atoms with Crippen LogP contribution in [0.5, 0.6) is 0 Å². The molecule has 80 valence electrons. The van der Waals surface area contributed by atoms with Crippen molar-refractivity contribution < 1.29 is 1.43 Å². The Balaban J connectivity index is 0.000000711. The molecular formula is C14H19N. The molecule has 0 saturated carbocycles. The van der Waals surface area contributed by atoms with Gasteiger partial charge in [-0.2, -0.15) is 0 Å². The molecule has 2 aromatic carbocycles. The number of para-hydroxylation sites is 1. The maximum absolute atomic E-state index is 5.85. The molecule has 2 rings (SSSR count). The molecule has 0 radical (unpaired) electrons. The number of benzene rings is 2. The van der Waals surface area contributed by atoms with Gasteiger partial charge in [-0.05, 0) is 11.6 Å². The van der Waals surface area contributed by atoms with E-state index in [4.69, 9.17) is 5.73 Å². The summed E-state index contributed by atoms with van der Waals surface area (Å²) in [5.41, 5.74) is 8.95. The summed E-state index contributed by atoms with van der Waals surface area (Å²) in [7, 11) is 0. The Morgan fingerprint density at radius 2 is 1.33 bits per heavy atom. The molecule has 0 aromatic heterocycles. The lowest BCUT2D eigenvalue weighted by atomic mass is 10.0. The van der Waals surface area contributed by atoms with Crippen molar-refractivity contribution in [1.82, 2.24) is 0 Å². The van der Waals surface area contributed by atoms with Crippen molar-refractivity contribution in [2.24, 2.45) is 0 Å². The van der Waals surface area contributed by atoms with Crippen molar-refractivity contribution in [3.05, 3.63) is 54.6 Å². The van der Waals surface area contributed by atoms with Gasteiger partial charge in [0.15, 0.2) is 0 Å². The Hall–Kier alpha value is -1.76. The van der Waals surface area contributed by atoms with Gasteiger partial charge in [0.1, 0.15) is 0 Å². The Morgan fingerprint density at radius 1 is 0.800 bits per heavy atom. The summed E-state index contributed by atoms with van der Waals surface area (Å²) in [4.78, 5) is 0. The number of anilines is 1. The van der Waals surface area contributed by atoms with Crippen LogP contribution in [0.4, 0.5) is 5.69 Å². The first-order chi connectivity index (χ1) is 7.38. The van der Waals surface area contributed by atoms with Gasteiger partial charge < -0.3 is 5.73 Å². The van der Waals surface area contributed by atoms with E-state index < -0.39 is 0 Å². The highest BCUT2D eigenvalue weighted by Crippen LogP contribution is 2.24. The minimum Gasteiger partial charge on any atom is -0.398 e. The summed E-state index contributed by atoms with van der Waals surface area (Å²) in [5.74, 6) is 0. The quantitative estimate of drug-likeness (QED) is 0.687. The predicted octanol–water partition coefficient (Wildman–Crippen LogP) is 4.21. The second kappa shape index (κ2) is 5.86. The highest BCUT2D eigenvalue weighted by atomic mass is 14.6. The summed E-state index contributed by atoms with van der Waals surface area (Å²) in [6.45, 7) is 4.00. The first-order valence-corrected chi connectivity index (χ1v) is 5.28. The maximum Gasteiger partial charge on any atom is 0.0393 e. The molecule has 0 amide bonds. The third-order valence-corrected chi connectivity index (χ3v) is 2.05. The number of nitrogens with two attached hydrogens (primary N) is 1. The third kappa shape index (κ3) is 2.84. The summed E-state index contributed by atoms with van der Waals surface area (Å²) in [6.07, 6.45) is 0. The normalized spacial score (nSPS) is 8.93. The third-order valence-electron chi connectivity index (χ3n) is 2.05. The molecule has 2 aromatic rings. The molecule has 1 heteroatoms. The zero-order valence-corrected chi connectivity index (χ0v) is 9.27. The van der Waals surface area contributed by atoms with Crippen LogP contribution < -0.4 is 5.73 Å². The fourth-order valence-corrected chi connectivity index (χ4v) is 1.38. The van der Waals surface area contributed by atoms with Crippen molar-refractivity contribution in [2.45, 2.75) is 13.8 Å². The minimum absolute atomic E-state index is 0. The van der Waals surface area contributed by atoms with Crippen molar-refractivity contribution in [2.75, 3.05) is 5.73 Å². The largest absolute Gasteiger partial charge is 0.398 e. The monoisotopic (exact) mass is 201 g/mol. The molecule has 0 aliphatic carbocycles. The maximum atomic E-state index is 5.85. The molecule has 0 aliphatic heterocycles. The van der Waals surface area contributed by atoms with Gasteiger partial charge in [0.05, 0.1) is 0 Å². The van der Waals surface area contributed by atoms with Gasteiger partial charge in [-0.25, -0.2) is 0 Å². The molecule has 0 spiro atoms. The van der Waals surface area contributed by atoms with Crippen LogP contribution in [-0.4, -0.2) is 0 Å². The van der Waals surface area contributed by atoms with Gasteiger partial charge in [-0.1, -0.05) is 62.4 Å². The van der Waals surface area contributed by atoms with E-state index in [1.165, 1.54) is 5.56 Å². The van der Waals surface area contributed by atoms with Gasteiger partial charge >= 0.3 is 0 Å². The Labute approximate surface area is 93.0 Å². The van der Waals surface area contributed by atoms with Crippen LogP contribution in [0.25, 0.3) is 11.1 Å².